The largest absolute Gasteiger partial charge is 0.311 e. The van der Waals surface area contributed by atoms with Gasteiger partial charge < -0.3 is 10.2 Å². The monoisotopic (exact) mass is 240 g/mol. The fourth-order valence-corrected chi connectivity index (χ4v) is 2.22. The molecule has 0 aromatic heterocycles. The topological polar surface area (TPSA) is 15.3 Å². The smallest absolute Gasteiger partial charge is 0.0244 e. The zero-order valence-electron chi connectivity index (χ0n) is 12.9. The average Bonchev–Trinajstić information content (AvgIpc) is 2.15. The van der Waals surface area contributed by atoms with Gasteiger partial charge in [0.25, 0.3) is 0 Å². The maximum atomic E-state index is 3.66. The van der Waals surface area contributed by atoms with Gasteiger partial charge in [-0.1, -0.05) is 48.5 Å². The summed E-state index contributed by atoms with van der Waals surface area (Å²) in [7, 11) is 0. The van der Waals surface area contributed by atoms with Gasteiger partial charge in [-0.2, -0.15) is 0 Å². The van der Waals surface area contributed by atoms with Crippen molar-refractivity contribution < 1.29 is 0 Å². The van der Waals surface area contributed by atoms with E-state index >= 15 is 0 Å². The Labute approximate surface area is 108 Å². The summed E-state index contributed by atoms with van der Waals surface area (Å²) in [6, 6.07) is 0.628. The molecule has 0 spiro atoms. The van der Waals surface area contributed by atoms with Crippen molar-refractivity contribution in [3.05, 3.63) is 0 Å². The summed E-state index contributed by atoms with van der Waals surface area (Å²) in [5.41, 5.74) is 0.783. The molecule has 2 nitrogen and oxygen atoms in total. The number of nitrogens with one attached hydrogen (secondary N) is 1. The van der Waals surface area contributed by atoms with Crippen molar-refractivity contribution in [3.8, 4) is 0 Å². The first kappa shape index (κ1) is 15.0. The maximum Gasteiger partial charge on any atom is 0.0244 e. The molecular formula is C15H32N2. The molecule has 2 heteroatoms. The Morgan fingerprint density at radius 1 is 1.18 bits per heavy atom. The Hall–Kier alpha value is -0.0800. The predicted octanol–water partition coefficient (Wildman–Crippen LogP) is 2.99. The lowest BCUT2D eigenvalue weighted by molar-refractivity contribution is 0.0970. The van der Waals surface area contributed by atoms with Gasteiger partial charge in [-0.05, 0) is 16.7 Å². The molecule has 0 aromatic carbocycles. The molecule has 0 radical (unpaired) electrons. The molecule has 1 rings (SSSR count). The van der Waals surface area contributed by atoms with Crippen LogP contribution in [0.3, 0.4) is 0 Å². The van der Waals surface area contributed by atoms with Crippen molar-refractivity contribution in [2.75, 3.05) is 26.2 Å². The van der Waals surface area contributed by atoms with Crippen molar-refractivity contribution in [1.82, 2.24) is 10.2 Å². The van der Waals surface area contributed by atoms with Gasteiger partial charge >= 0.3 is 0 Å². The summed E-state index contributed by atoms with van der Waals surface area (Å²) in [6.45, 7) is 21.2. The van der Waals surface area contributed by atoms with E-state index < -0.39 is 0 Å². The van der Waals surface area contributed by atoms with Crippen molar-refractivity contribution >= 4 is 0 Å². The Bertz CT molecular complexity index is 232. The maximum absolute atomic E-state index is 3.66. The van der Waals surface area contributed by atoms with E-state index in [0.29, 0.717) is 16.9 Å². The molecule has 2 atom stereocenters. The summed E-state index contributed by atoms with van der Waals surface area (Å²) in [5, 5.41) is 3.66. The van der Waals surface area contributed by atoms with Crippen LogP contribution in [0, 0.1) is 16.7 Å². The van der Waals surface area contributed by atoms with E-state index in [1.165, 1.54) is 19.6 Å². The molecule has 1 fully saturated rings. The number of hydrogen-bond acceptors (Lipinski definition) is 2. The second-order valence-electron chi connectivity index (χ2n) is 7.90. The van der Waals surface area contributed by atoms with Gasteiger partial charge in [-0.25, -0.2) is 0 Å². The van der Waals surface area contributed by atoms with Crippen LogP contribution in [0.15, 0.2) is 0 Å². The Morgan fingerprint density at radius 3 is 2.24 bits per heavy atom. The molecule has 1 N–H and O–H groups in total. The first-order valence-corrected chi connectivity index (χ1v) is 7.06. The summed E-state index contributed by atoms with van der Waals surface area (Å²) in [5.74, 6) is 0.751. The van der Waals surface area contributed by atoms with Crippen LogP contribution in [-0.4, -0.2) is 37.1 Å². The van der Waals surface area contributed by atoms with Crippen molar-refractivity contribution in [3.63, 3.8) is 0 Å². The SMILES string of the molecule is CC(CN1CCNC(C(C)(C)C)C1)C(C)(C)C. The van der Waals surface area contributed by atoms with E-state index in [0.717, 1.165) is 12.5 Å². The number of rotatable bonds is 2. The highest BCUT2D eigenvalue weighted by atomic mass is 15.2. The van der Waals surface area contributed by atoms with Gasteiger partial charge in [-0.15, -0.1) is 0 Å². The van der Waals surface area contributed by atoms with Crippen LogP contribution in [-0.2, 0) is 0 Å². The van der Waals surface area contributed by atoms with Crippen molar-refractivity contribution in [2.45, 2.75) is 54.5 Å². The summed E-state index contributed by atoms with van der Waals surface area (Å²) < 4.78 is 0. The predicted molar refractivity (Wildman–Crippen MR) is 76.3 cm³/mol. The third-order valence-electron chi connectivity index (χ3n) is 4.32. The van der Waals surface area contributed by atoms with Gasteiger partial charge in [0.2, 0.25) is 0 Å². The highest BCUT2D eigenvalue weighted by Crippen LogP contribution is 2.27. The molecule has 1 heterocycles. The third-order valence-corrected chi connectivity index (χ3v) is 4.32. The van der Waals surface area contributed by atoms with E-state index in [-0.39, 0.29) is 0 Å². The van der Waals surface area contributed by atoms with Crippen LogP contribution in [0.2, 0.25) is 0 Å². The van der Waals surface area contributed by atoms with Crippen molar-refractivity contribution in [1.29, 1.82) is 0 Å². The second-order valence-corrected chi connectivity index (χ2v) is 7.90. The normalized spacial score (nSPS) is 25.9. The van der Waals surface area contributed by atoms with Crippen LogP contribution in [0.25, 0.3) is 0 Å². The van der Waals surface area contributed by atoms with E-state index in [1.54, 1.807) is 0 Å². The Morgan fingerprint density at radius 2 is 1.76 bits per heavy atom. The van der Waals surface area contributed by atoms with Gasteiger partial charge in [0.15, 0.2) is 0 Å². The van der Waals surface area contributed by atoms with Gasteiger partial charge in [0, 0.05) is 32.2 Å². The zero-order valence-corrected chi connectivity index (χ0v) is 12.9. The molecule has 0 saturated carbocycles. The molecule has 0 aliphatic carbocycles. The van der Waals surface area contributed by atoms with Gasteiger partial charge in [-0.3, -0.25) is 0 Å². The number of hydrogen-bond donors (Lipinski definition) is 1. The highest BCUT2D eigenvalue weighted by molar-refractivity contribution is 4.88. The van der Waals surface area contributed by atoms with E-state index in [1.807, 2.05) is 0 Å². The lowest BCUT2D eigenvalue weighted by Gasteiger charge is -2.42. The first-order chi connectivity index (χ1) is 7.60. The number of nitrogens with zero attached hydrogens (tertiary/aromatic N) is 1. The van der Waals surface area contributed by atoms with Crippen LogP contribution < -0.4 is 5.32 Å². The lowest BCUT2D eigenvalue weighted by atomic mass is 9.81. The molecule has 1 saturated heterocycles. The minimum absolute atomic E-state index is 0.365. The minimum Gasteiger partial charge on any atom is -0.311 e. The number of piperazine rings is 1. The molecule has 0 aromatic rings. The lowest BCUT2D eigenvalue weighted by Crippen LogP contribution is -2.56. The van der Waals surface area contributed by atoms with Crippen LogP contribution in [0.1, 0.15) is 48.5 Å². The van der Waals surface area contributed by atoms with E-state index in [9.17, 15) is 0 Å². The summed E-state index contributed by atoms with van der Waals surface area (Å²) >= 11 is 0. The van der Waals surface area contributed by atoms with E-state index in [4.69, 9.17) is 0 Å². The quantitative estimate of drug-likeness (QED) is 0.798. The molecule has 1 aliphatic rings. The van der Waals surface area contributed by atoms with Gasteiger partial charge in [0.1, 0.15) is 0 Å². The molecule has 17 heavy (non-hydrogen) atoms. The van der Waals surface area contributed by atoms with Crippen molar-refractivity contribution in [2.24, 2.45) is 16.7 Å². The Kier molecular flexibility index (Phi) is 4.65. The van der Waals surface area contributed by atoms with E-state index in [2.05, 4.69) is 58.7 Å². The molecule has 2 unspecified atom stereocenters. The summed E-state index contributed by atoms with van der Waals surface area (Å²) in [4.78, 5) is 2.64. The first-order valence-electron chi connectivity index (χ1n) is 7.06. The zero-order chi connectivity index (χ0) is 13.3. The fourth-order valence-electron chi connectivity index (χ4n) is 2.22. The molecule has 102 valence electrons. The minimum atomic E-state index is 0.365. The van der Waals surface area contributed by atoms with Crippen LogP contribution in [0.4, 0.5) is 0 Å². The molecule has 0 bridgehead atoms. The average molecular weight is 240 g/mol. The summed E-state index contributed by atoms with van der Waals surface area (Å²) in [6.07, 6.45) is 0. The van der Waals surface area contributed by atoms with Crippen LogP contribution >= 0.6 is 0 Å². The molecule has 1 aliphatic heterocycles. The van der Waals surface area contributed by atoms with Gasteiger partial charge in [0.05, 0.1) is 0 Å². The molecular weight excluding hydrogens is 208 g/mol. The third kappa shape index (κ3) is 4.59. The molecule has 0 amide bonds. The Balaban J connectivity index is 2.51. The fraction of sp³-hybridized carbons (Fsp3) is 1.00. The highest BCUT2D eigenvalue weighted by Gasteiger charge is 2.31. The standard InChI is InChI=1S/C15H32N2/c1-12(14(2,3)4)10-17-9-8-16-13(11-17)15(5,6)7/h12-13,16H,8-11H2,1-7H3. The van der Waals surface area contributed by atoms with Crippen LogP contribution in [0.5, 0.6) is 0 Å². The second kappa shape index (κ2) is 5.27.